The Kier molecular flexibility index (Phi) is 4.12. The molecule has 2 saturated heterocycles. The molecule has 1 unspecified atom stereocenters. The summed E-state index contributed by atoms with van der Waals surface area (Å²) in [5, 5.41) is 10.6. The molecule has 0 radical (unpaired) electrons. The van der Waals surface area contributed by atoms with Crippen LogP contribution in [0.15, 0.2) is 18.2 Å². The summed E-state index contributed by atoms with van der Waals surface area (Å²) in [5.74, 6) is 1.31. The number of amides is 1. The van der Waals surface area contributed by atoms with Crippen molar-refractivity contribution in [2.75, 3.05) is 36.0 Å². The number of carbonyl (C=O) groups is 1. The van der Waals surface area contributed by atoms with Gasteiger partial charge in [0.1, 0.15) is 0 Å². The SMILES string of the molecule is O=C(N1CCc2c(CN3CCCC3)cccc21)C1(O)CCSC1. The minimum Gasteiger partial charge on any atom is -0.379 e. The van der Waals surface area contributed by atoms with Gasteiger partial charge < -0.3 is 10.0 Å². The van der Waals surface area contributed by atoms with Crippen LogP contribution in [-0.4, -0.2) is 52.7 Å². The third kappa shape index (κ3) is 2.79. The first-order valence-electron chi connectivity index (χ1n) is 8.63. The molecule has 0 aliphatic carbocycles. The van der Waals surface area contributed by atoms with E-state index in [1.54, 1.807) is 11.8 Å². The predicted molar refractivity (Wildman–Crippen MR) is 93.9 cm³/mol. The monoisotopic (exact) mass is 332 g/mol. The summed E-state index contributed by atoms with van der Waals surface area (Å²) in [4.78, 5) is 17.2. The Hall–Kier alpha value is -1.04. The van der Waals surface area contributed by atoms with Crippen molar-refractivity contribution in [3.8, 4) is 0 Å². The molecule has 3 heterocycles. The second kappa shape index (κ2) is 6.11. The van der Waals surface area contributed by atoms with Gasteiger partial charge in [0.15, 0.2) is 5.60 Å². The molecule has 0 aromatic heterocycles. The number of hydrogen-bond donors (Lipinski definition) is 1. The highest BCUT2D eigenvalue weighted by Crippen LogP contribution is 2.36. The van der Waals surface area contributed by atoms with E-state index in [4.69, 9.17) is 0 Å². The molecule has 4 rings (SSSR count). The average Bonchev–Trinajstić information content (AvgIpc) is 3.27. The van der Waals surface area contributed by atoms with Crippen LogP contribution >= 0.6 is 11.8 Å². The van der Waals surface area contributed by atoms with Crippen molar-refractivity contribution in [1.29, 1.82) is 0 Å². The van der Waals surface area contributed by atoms with E-state index in [9.17, 15) is 9.90 Å². The molecular weight excluding hydrogens is 308 g/mol. The predicted octanol–water partition coefficient (Wildman–Crippen LogP) is 2.04. The fourth-order valence-electron chi connectivity index (χ4n) is 4.02. The molecule has 124 valence electrons. The average molecular weight is 332 g/mol. The van der Waals surface area contributed by atoms with Gasteiger partial charge >= 0.3 is 0 Å². The molecule has 3 aliphatic heterocycles. The summed E-state index contributed by atoms with van der Waals surface area (Å²) >= 11 is 1.67. The number of hydrogen-bond acceptors (Lipinski definition) is 4. The van der Waals surface area contributed by atoms with Crippen LogP contribution in [0.25, 0.3) is 0 Å². The fraction of sp³-hybridized carbons (Fsp3) is 0.611. The summed E-state index contributed by atoms with van der Waals surface area (Å²) in [5.41, 5.74) is 2.53. The molecular formula is C18H24N2O2S. The van der Waals surface area contributed by atoms with Crippen LogP contribution in [0.4, 0.5) is 5.69 Å². The summed E-state index contributed by atoms with van der Waals surface area (Å²) in [6.45, 7) is 4.07. The van der Waals surface area contributed by atoms with Crippen LogP contribution in [0, 0.1) is 0 Å². The molecule has 23 heavy (non-hydrogen) atoms. The second-order valence-electron chi connectivity index (χ2n) is 6.94. The largest absolute Gasteiger partial charge is 0.379 e. The van der Waals surface area contributed by atoms with E-state index in [1.165, 1.54) is 37.1 Å². The summed E-state index contributed by atoms with van der Waals surface area (Å²) in [6, 6.07) is 6.30. The molecule has 3 aliphatic rings. The molecule has 0 spiro atoms. The highest BCUT2D eigenvalue weighted by atomic mass is 32.2. The van der Waals surface area contributed by atoms with Crippen molar-refractivity contribution < 1.29 is 9.90 Å². The van der Waals surface area contributed by atoms with E-state index in [0.29, 0.717) is 18.7 Å². The first-order chi connectivity index (χ1) is 11.2. The Bertz CT molecular complexity index is 607. The topological polar surface area (TPSA) is 43.8 Å². The van der Waals surface area contributed by atoms with Crippen LogP contribution in [-0.2, 0) is 17.8 Å². The maximum atomic E-state index is 12.8. The van der Waals surface area contributed by atoms with Crippen molar-refractivity contribution in [1.82, 2.24) is 4.90 Å². The molecule has 1 aromatic rings. The smallest absolute Gasteiger partial charge is 0.259 e. The quantitative estimate of drug-likeness (QED) is 0.920. The first kappa shape index (κ1) is 15.5. The minimum absolute atomic E-state index is 0.0976. The number of fused-ring (bicyclic) bond motifs is 1. The number of likely N-dealkylation sites (tertiary alicyclic amines) is 1. The van der Waals surface area contributed by atoms with Crippen LogP contribution in [0.3, 0.4) is 0 Å². The van der Waals surface area contributed by atoms with E-state index < -0.39 is 5.60 Å². The van der Waals surface area contributed by atoms with Crippen molar-refractivity contribution >= 4 is 23.4 Å². The lowest BCUT2D eigenvalue weighted by Gasteiger charge is -2.27. The van der Waals surface area contributed by atoms with Gasteiger partial charge in [-0.05, 0) is 61.7 Å². The van der Waals surface area contributed by atoms with Gasteiger partial charge in [-0.3, -0.25) is 9.69 Å². The molecule has 1 N–H and O–H groups in total. The van der Waals surface area contributed by atoms with Gasteiger partial charge in [-0.2, -0.15) is 11.8 Å². The number of benzene rings is 1. The van der Waals surface area contributed by atoms with E-state index in [2.05, 4.69) is 17.0 Å². The van der Waals surface area contributed by atoms with E-state index >= 15 is 0 Å². The number of rotatable bonds is 3. The Labute approximate surface area is 141 Å². The third-order valence-electron chi connectivity index (χ3n) is 5.36. The Morgan fingerprint density at radius 2 is 2.09 bits per heavy atom. The zero-order valence-electron chi connectivity index (χ0n) is 13.5. The highest BCUT2D eigenvalue weighted by Gasteiger charge is 2.44. The molecule has 1 atom stereocenters. The maximum Gasteiger partial charge on any atom is 0.259 e. The van der Waals surface area contributed by atoms with Gasteiger partial charge in [0.2, 0.25) is 0 Å². The van der Waals surface area contributed by atoms with Crippen molar-refractivity contribution in [2.24, 2.45) is 0 Å². The molecule has 0 saturated carbocycles. The van der Waals surface area contributed by atoms with Crippen LogP contribution in [0.5, 0.6) is 0 Å². The van der Waals surface area contributed by atoms with E-state index in [-0.39, 0.29) is 5.91 Å². The number of carbonyl (C=O) groups excluding carboxylic acids is 1. The lowest BCUT2D eigenvalue weighted by atomic mass is 10.0. The summed E-state index contributed by atoms with van der Waals surface area (Å²) in [6.07, 6.45) is 4.08. The van der Waals surface area contributed by atoms with Gasteiger partial charge in [-0.1, -0.05) is 12.1 Å². The lowest BCUT2D eigenvalue weighted by molar-refractivity contribution is -0.134. The zero-order chi connectivity index (χ0) is 15.9. The molecule has 1 aromatic carbocycles. The number of nitrogens with zero attached hydrogens (tertiary/aromatic N) is 2. The molecule has 0 bridgehead atoms. The first-order valence-corrected chi connectivity index (χ1v) is 9.78. The van der Waals surface area contributed by atoms with Gasteiger partial charge in [0.25, 0.3) is 5.91 Å². The van der Waals surface area contributed by atoms with Gasteiger partial charge in [-0.15, -0.1) is 0 Å². The van der Waals surface area contributed by atoms with Gasteiger partial charge in [0.05, 0.1) is 0 Å². The standard InChI is InChI=1S/C18H24N2O2S/c21-17(18(22)7-11-23-13-18)20-10-6-15-14(4-3-5-16(15)20)12-19-8-1-2-9-19/h3-5,22H,1-2,6-13H2. The Morgan fingerprint density at radius 3 is 2.83 bits per heavy atom. The lowest BCUT2D eigenvalue weighted by Crippen LogP contribution is -2.48. The molecule has 5 heteroatoms. The minimum atomic E-state index is -1.16. The Balaban J connectivity index is 1.58. The molecule has 1 amide bonds. The second-order valence-corrected chi connectivity index (χ2v) is 8.04. The molecule has 2 fully saturated rings. The summed E-state index contributed by atoms with van der Waals surface area (Å²) < 4.78 is 0. The Morgan fingerprint density at radius 1 is 1.26 bits per heavy atom. The summed E-state index contributed by atoms with van der Waals surface area (Å²) in [7, 11) is 0. The van der Waals surface area contributed by atoms with E-state index in [1.807, 2.05) is 11.0 Å². The third-order valence-corrected chi connectivity index (χ3v) is 6.54. The maximum absolute atomic E-state index is 12.8. The van der Waals surface area contributed by atoms with Gasteiger partial charge in [0, 0.05) is 24.5 Å². The normalized spacial score (nSPS) is 27.6. The van der Waals surface area contributed by atoms with Crippen molar-refractivity contribution in [3.63, 3.8) is 0 Å². The zero-order valence-corrected chi connectivity index (χ0v) is 14.3. The number of anilines is 1. The highest BCUT2D eigenvalue weighted by molar-refractivity contribution is 7.99. The number of aliphatic hydroxyl groups is 1. The van der Waals surface area contributed by atoms with Crippen LogP contribution < -0.4 is 4.90 Å². The fourth-order valence-corrected chi connectivity index (χ4v) is 5.25. The van der Waals surface area contributed by atoms with Crippen LogP contribution in [0.1, 0.15) is 30.4 Å². The molecule has 4 nitrogen and oxygen atoms in total. The van der Waals surface area contributed by atoms with E-state index in [0.717, 1.165) is 24.4 Å². The van der Waals surface area contributed by atoms with Crippen molar-refractivity contribution in [2.45, 2.75) is 37.8 Å². The van der Waals surface area contributed by atoms with Gasteiger partial charge in [-0.25, -0.2) is 0 Å². The number of thioether (sulfide) groups is 1. The van der Waals surface area contributed by atoms with Crippen LogP contribution in [0.2, 0.25) is 0 Å². The van der Waals surface area contributed by atoms with Crippen molar-refractivity contribution in [3.05, 3.63) is 29.3 Å².